The molecule has 0 spiro atoms. The van der Waals surface area contributed by atoms with Crippen LogP contribution in [-0.2, 0) is 0 Å². The van der Waals surface area contributed by atoms with Crippen LogP contribution in [0.1, 0.15) is 31.6 Å². The van der Waals surface area contributed by atoms with Crippen molar-refractivity contribution < 1.29 is 0 Å². The highest BCUT2D eigenvalue weighted by Gasteiger charge is 2.25. The third-order valence-corrected chi connectivity index (χ3v) is 4.63. The van der Waals surface area contributed by atoms with E-state index in [1.165, 1.54) is 23.1 Å². The molecule has 2 aromatic rings. The molecule has 0 aromatic carbocycles. The molecular weight excluding hydrogens is 268 g/mol. The number of rotatable bonds is 6. The second-order valence-electron chi connectivity index (χ2n) is 5.46. The predicted octanol–water partition coefficient (Wildman–Crippen LogP) is 3.67. The first kappa shape index (κ1) is 13.6. The molecular formula is C15H22N4S. The maximum atomic E-state index is 4.77. The summed E-state index contributed by atoms with van der Waals surface area (Å²) in [6, 6.07) is 2.22. The Morgan fingerprint density at radius 3 is 2.80 bits per heavy atom. The van der Waals surface area contributed by atoms with Gasteiger partial charge in [-0.2, -0.15) is 4.98 Å². The van der Waals surface area contributed by atoms with Crippen molar-refractivity contribution in [1.29, 1.82) is 0 Å². The maximum absolute atomic E-state index is 4.77. The normalized spacial score (nSPS) is 14.8. The summed E-state index contributed by atoms with van der Waals surface area (Å²) < 4.78 is 0. The molecule has 3 rings (SSSR count). The van der Waals surface area contributed by atoms with Gasteiger partial charge in [0.25, 0.3) is 0 Å². The third kappa shape index (κ3) is 2.73. The van der Waals surface area contributed by atoms with Gasteiger partial charge in [-0.15, -0.1) is 11.3 Å². The Bertz CT molecular complexity index is 603. The summed E-state index contributed by atoms with van der Waals surface area (Å²) in [4.78, 5) is 14.2. The third-order valence-electron chi connectivity index (χ3n) is 3.69. The largest absolute Gasteiger partial charge is 0.356 e. The zero-order valence-corrected chi connectivity index (χ0v) is 13.3. The summed E-state index contributed by atoms with van der Waals surface area (Å²) in [7, 11) is 0. The van der Waals surface area contributed by atoms with E-state index in [1.807, 2.05) is 0 Å². The SMILES string of the molecule is CCNc1nc(N(CC)CC2CC2)c2cc(C)sc2n1. The minimum absolute atomic E-state index is 0.756. The van der Waals surface area contributed by atoms with Crippen LogP contribution in [0.25, 0.3) is 10.2 Å². The predicted molar refractivity (Wildman–Crippen MR) is 86.9 cm³/mol. The van der Waals surface area contributed by atoms with Crippen molar-refractivity contribution in [2.75, 3.05) is 29.9 Å². The van der Waals surface area contributed by atoms with Crippen LogP contribution in [0, 0.1) is 12.8 Å². The molecule has 108 valence electrons. The van der Waals surface area contributed by atoms with Gasteiger partial charge in [0.15, 0.2) is 0 Å². The summed E-state index contributed by atoms with van der Waals surface area (Å²) in [5.41, 5.74) is 0. The van der Waals surface area contributed by atoms with Crippen molar-refractivity contribution >= 4 is 33.3 Å². The zero-order valence-electron chi connectivity index (χ0n) is 12.4. The Labute approximate surface area is 124 Å². The molecule has 0 amide bonds. The van der Waals surface area contributed by atoms with E-state index in [4.69, 9.17) is 4.98 Å². The number of aromatic nitrogens is 2. The Kier molecular flexibility index (Phi) is 3.78. The highest BCUT2D eigenvalue weighted by atomic mass is 32.1. The van der Waals surface area contributed by atoms with Gasteiger partial charge in [0, 0.05) is 24.5 Å². The van der Waals surface area contributed by atoms with E-state index < -0.39 is 0 Å². The molecule has 0 aliphatic heterocycles. The van der Waals surface area contributed by atoms with Crippen LogP contribution in [0.3, 0.4) is 0 Å². The number of nitrogens with zero attached hydrogens (tertiary/aromatic N) is 3. The van der Waals surface area contributed by atoms with Gasteiger partial charge in [0.05, 0.1) is 5.39 Å². The Balaban J connectivity index is 2.04. The lowest BCUT2D eigenvalue weighted by Gasteiger charge is -2.23. The first-order valence-corrected chi connectivity index (χ1v) is 8.30. The molecule has 1 aliphatic rings. The van der Waals surface area contributed by atoms with Crippen molar-refractivity contribution in [2.24, 2.45) is 5.92 Å². The minimum atomic E-state index is 0.756. The number of hydrogen-bond donors (Lipinski definition) is 1. The molecule has 4 nitrogen and oxygen atoms in total. The summed E-state index contributed by atoms with van der Waals surface area (Å²) in [6.07, 6.45) is 2.74. The van der Waals surface area contributed by atoms with Gasteiger partial charge in [-0.05, 0) is 45.6 Å². The van der Waals surface area contributed by atoms with Crippen molar-refractivity contribution in [3.05, 3.63) is 10.9 Å². The van der Waals surface area contributed by atoms with Gasteiger partial charge < -0.3 is 10.2 Å². The van der Waals surface area contributed by atoms with Crippen molar-refractivity contribution in [2.45, 2.75) is 33.6 Å². The van der Waals surface area contributed by atoms with E-state index in [9.17, 15) is 0 Å². The zero-order chi connectivity index (χ0) is 14.1. The number of aryl methyl sites for hydroxylation is 1. The lowest BCUT2D eigenvalue weighted by molar-refractivity contribution is 0.734. The van der Waals surface area contributed by atoms with Gasteiger partial charge in [0.2, 0.25) is 5.95 Å². The Morgan fingerprint density at radius 2 is 2.15 bits per heavy atom. The molecule has 1 N–H and O–H groups in total. The second kappa shape index (κ2) is 5.56. The molecule has 2 heterocycles. The van der Waals surface area contributed by atoms with Crippen LogP contribution < -0.4 is 10.2 Å². The number of thiophene rings is 1. The summed E-state index contributed by atoms with van der Waals surface area (Å²) in [5.74, 6) is 2.72. The molecule has 1 fully saturated rings. The van der Waals surface area contributed by atoms with Crippen LogP contribution in [0.4, 0.5) is 11.8 Å². The topological polar surface area (TPSA) is 41.1 Å². The number of hydrogen-bond acceptors (Lipinski definition) is 5. The maximum Gasteiger partial charge on any atom is 0.226 e. The van der Waals surface area contributed by atoms with Crippen molar-refractivity contribution in [1.82, 2.24) is 9.97 Å². The average molecular weight is 290 g/mol. The van der Waals surface area contributed by atoms with Gasteiger partial charge in [0.1, 0.15) is 10.6 Å². The van der Waals surface area contributed by atoms with Gasteiger partial charge in [-0.25, -0.2) is 4.98 Å². The molecule has 1 saturated carbocycles. The van der Waals surface area contributed by atoms with Crippen LogP contribution >= 0.6 is 11.3 Å². The summed E-state index contributed by atoms with van der Waals surface area (Å²) >= 11 is 1.75. The highest BCUT2D eigenvalue weighted by Crippen LogP contribution is 2.35. The molecule has 0 radical (unpaired) electrons. The van der Waals surface area contributed by atoms with Crippen LogP contribution in [0.15, 0.2) is 6.07 Å². The Morgan fingerprint density at radius 1 is 1.35 bits per heavy atom. The van der Waals surface area contributed by atoms with Crippen LogP contribution in [0.2, 0.25) is 0 Å². The Hall–Kier alpha value is -1.36. The first-order valence-electron chi connectivity index (χ1n) is 7.48. The molecule has 5 heteroatoms. The fraction of sp³-hybridized carbons (Fsp3) is 0.600. The molecule has 0 bridgehead atoms. The summed E-state index contributed by atoms with van der Waals surface area (Å²) in [6.45, 7) is 9.41. The lowest BCUT2D eigenvalue weighted by Crippen LogP contribution is -2.26. The number of anilines is 2. The van der Waals surface area contributed by atoms with E-state index >= 15 is 0 Å². The van der Waals surface area contributed by atoms with E-state index in [0.717, 1.165) is 42.1 Å². The van der Waals surface area contributed by atoms with Crippen molar-refractivity contribution in [3.63, 3.8) is 0 Å². The molecule has 0 saturated heterocycles. The van der Waals surface area contributed by atoms with Gasteiger partial charge >= 0.3 is 0 Å². The van der Waals surface area contributed by atoms with Crippen LogP contribution in [-0.4, -0.2) is 29.6 Å². The molecule has 0 unspecified atom stereocenters. The second-order valence-corrected chi connectivity index (χ2v) is 6.69. The molecule has 2 aromatic heterocycles. The van der Waals surface area contributed by atoms with E-state index in [1.54, 1.807) is 11.3 Å². The van der Waals surface area contributed by atoms with E-state index in [-0.39, 0.29) is 0 Å². The number of nitrogens with one attached hydrogen (secondary N) is 1. The first-order chi connectivity index (χ1) is 9.71. The van der Waals surface area contributed by atoms with Gasteiger partial charge in [-0.3, -0.25) is 0 Å². The number of fused-ring (bicyclic) bond motifs is 1. The van der Waals surface area contributed by atoms with Gasteiger partial charge in [-0.1, -0.05) is 0 Å². The fourth-order valence-electron chi connectivity index (χ4n) is 2.48. The van der Waals surface area contributed by atoms with Crippen molar-refractivity contribution in [3.8, 4) is 0 Å². The van der Waals surface area contributed by atoms with E-state index in [0.29, 0.717) is 0 Å². The molecule has 20 heavy (non-hydrogen) atoms. The highest BCUT2D eigenvalue weighted by molar-refractivity contribution is 7.18. The molecule has 1 aliphatic carbocycles. The summed E-state index contributed by atoms with van der Waals surface area (Å²) in [5, 5.41) is 4.46. The average Bonchev–Trinajstić information content (AvgIpc) is 3.16. The lowest BCUT2D eigenvalue weighted by atomic mass is 10.3. The van der Waals surface area contributed by atoms with Crippen LogP contribution in [0.5, 0.6) is 0 Å². The monoisotopic (exact) mass is 290 g/mol. The molecule has 0 atom stereocenters. The van der Waals surface area contributed by atoms with E-state index in [2.05, 4.69) is 42.0 Å². The smallest absolute Gasteiger partial charge is 0.226 e. The standard InChI is InChI=1S/C15H22N4S/c1-4-16-15-17-13(19(5-2)9-11-6-7-11)12-8-10(3)20-14(12)18-15/h8,11H,4-7,9H2,1-3H3,(H,16,17,18). The minimum Gasteiger partial charge on any atom is -0.356 e. The fourth-order valence-corrected chi connectivity index (χ4v) is 3.36. The quantitative estimate of drug-likeness (QED) is 0.881.